The lowest BCUT2D eigenvalue weighted by Gasteiger charge is -2.22. The molecule has 166 valence electrons. The second-order valence-corrected chi connectivity index (χ2v) is 10.2. The summed E-state index contributed by atoms with van der Waals surface area (Å²) < 4.78 is 6.07. The number of hydrogen-bond donors (Lipinski definition) is 0. The second-order valence-electron chi connectivity index (χ2n) is 10.2. The third-order valence-corrected chi connectivity index (χ3v) is 5.96. The Balaban J connectivity index is 1.58. The molecule has 0 atom stereocenters. The monoisotopic (exact) mass is 435 g/mol. The van der Waals surface area contributed by atoms with E-state index in [9.17, 15) is 0 Å². The molecular weight excluding hydrogens is 406 g/mol. The Morgan fingerprint density at radius 3 is 2.36 bits per heavy atom. The number of benzene rings is 2. The van der Waals surface area contributed by atoms with E-state index in [1.165, 1.54) is 16.3 Å². The van der Waals surface area contributed by atoms with Gasteiger partial charge in [-0.2, -0.15) is 0 Å². The molecule has 3 heterocycles. The largest absolute Gasteiger partial charge is 0.461 e. The highest BCUT2D eigenvalue weighted by molar-refractivity contribution is 5.91. The van der Waals surface area contributed by atoms with E-state index < -0.39 is 0 Å². The van der Waals surface area contributed by atoms with Gasteiger partial charge in [0, 0.05) is 29.6 Å². The summed E-state index contributed by atoms with van der Waals surface area (Å²) >= 11 is 0. The molecular formula is C29H29N3O. The minimum absolute atomic E-state index is 0.0189. The van der Waals surface area contributed by atoms with Crippen molar-refractivity contribution in [1.82, 2.24) is 15.0 Å². The molecule has 0 N–H and O–H groups in total. The predicted octanol–water partition coefficient (Wildman–Crippen LogP) is 7.60. The van der Waals surface area contributed by atoms with E-state index in [2.05, 4.69) is 92.0 Å². The molecule has 0 unspecified atom stereocenters. The highest BCUT2D eigenvalue weighted by Crippen LogP contribution is 2.35. The van der Waals surface area contributed by atoms with Gasteiger partial charge in [-0.05, 0) is 51.9 Å². The lowest BCUT2D eigenvalue weighted by Crippen LogP contribution is -2.12. The van der Waals surface area contributed by atoms with E-state index in [1.54, 1.807) is 6.33 Å². The van der Waals surface area contributed by atoms with Crippen molar-refractivity contribution in [2.75, 3.05) is 0 Å². The van der Waals surface area contributed by atoms with Crippen LogP contribution in [0.2, 0.25) is 0 Å². The Bertz CT molecular complexity index is 1460. The Morgan fingerprint density at radius 2 is 1.58 bits per heavy atom. The molecule has 0 fully saturated rings. The first-order chi connectivity index (χ1) is 15.8. The van der Waals surface area contributed by atoms with Crippen molar-refractivity contribution in [3.05, 3.63) is 78.4 Å². The zero-order chi connectivity index (χ0) is 23.2. The van der Waals surface area contributed by atoms with Crippen molar-refractivity contribution in [2.45, 2.75) is 46.5 Å². The second kappa shape index (κ2) is 8.11. The predicted molar refractivity (Wildman–Crippen MR) is 135 cm³/mol. The molecule has 4 heteroatoms. The van der Waals surface area contributed by atoms with Gasteiger partial charge in [0.2, 0.25) is 0 Å². The third-order valence-electron chi connectivity index (χ3n) is 5.96. The molecule has 0 bridgehead atoms. The molecule has 3 aromatic heterocycles. The molecule has 5 aromatic rings. The van der Waals surface area contributed by atoms with Crippen LogP contribution in [0.1, 0.15) is 45.9 Å². The van der Waals surface area contributed by atoms with Crippen LogP contribution in [0.3, 0.4) is 0 Å². The Hall–Kier alpha value is -3.53. The minimum Gasteiger partial charge on any atom is -0.461 e. The lowest BCUT2D eigenvalue weighted by molar-refractivity contribution is 0.500. The van der Waals surface area contributed by atoms with Crippen LogP contribution < -0.4 is 0 Å². The molecule has 33 heavy (non-hydrogen) atoms. The summed E-state index contributed by atoms with van der Waals surface area (Å²) in [4.78, 5) is 13.8. The first kappa shape index (κ1) is 21.3. The van der Waals surface area contributed by atoms with E-state index in [1.807, 2.05) is 18.3 Å². The van der Waals surface area contributed by atoms with Crippen LogP contribution in [0, 0.1) is 5.92 Å². The number of furan rings is 1. The van der Waals surface area contributed by atoms with Crippen molar-refractivity contribution < 1.29 is 4.42 Å². The first-order valence-corrected chi connectivity index (χ1v) is 11.5. The molecule has 4 nitrogen and oxygen atoms in total. The Labute approximate surface area is 194 Å². The quantitative estimate of drug-likeness (QED) is 0.292. The maximum Gasteiger partial charge on any atom is 0.138 e. The van der Waals surface area contributed by atoms with Crippen molar-refractivity contribution in [1.29, 1.82) is 0 Å². The van der Waals surface area contributed by atoms with Crippen LogP contribution in [-0.2, 0) is 11.8 Å². The van der Waals surface area contributed by atoms with Gasteiger partial charge in [-0.15, -0.1) is 0 Å². The summed E-state index contributed by atoms with van der Waals surface area (Å²) in [6.45, 7) is 11.1. The number of fused-ring (bicyclic) bond motifs is 2. The molecule has 0 amide bonds. The standard InChI is InChI=1S/C29H29N3O/c1-18(2)10-22-12-21-16-30-27(15-28(21)33-22)26-14-25(31-17-32-26)20-11-19-8-6-7-9-23(19)24(13-20)29(3,4)5/h6-9,11-18H,10H2,1-5H3. The number of pyridine rings is 1. The van der Waals surface area contributed by atoms with Gasteiger partial charge in [-0.1, -0.05) is 58.9 Å². The zero-order valence-corrected chi connectivity index (χ0v) is 19.9. The van der Waals surface area contributed by atoms with Gasteiger partial charge in [-0.25, -0.2) is 9.97 Å². The number of aromatic nitrogens is 3. The van der Waals surface area contributed by atoms with Gasteiger partial charge >= 0.3 is 0 Å². The van der Waals surface area contributed by atoms with Crippen molar-refractivity contribution in [3.8, 4) is 22.6 Å². The van der Waals surface area contributed by atoms with Crippen LogP contribution in [-0.4, -0.2) is 15.0 Å². The lowest BCUT2D eigenvalue weighted by atomic mass is 9.82. The SMILES string of the molecule is CC(C)Cc1cc2cnc(-c3cc(-c4cc(C(C)(C)C)c5ccccc5c4)ncn3)cc2o1. The van der Waals surface area contributed by atoms with Gasteiger partial charge in [0.15, 0.2) is 0 Å². The van der Waals surface area contributed by atoms with Gasteiger partial charge in [-0.3, -0.25) is 4.98 Å². The Morgan fingerprint density at radius 1 is 0.818 bits per heavy atom. The molecule has 0 aliphatic carbocycles. The van der Waals surface area contributed by atoms with Crippen molar-refractivity contribution in [2.24, 2.45) is 5.92 Å². The van der Waals surface area contributed by atoms with Crippen molar-refractivity contribution in [3.63, 3.8) is 0 Å². The fourth-order valence-corrected chi connectivity index (χ4v) is 4.37. The highest BCUT2D eigenvalue weighted by Gasteiger charge is 2.19. The molecule has 0 radical (unpaired) electrons. The summed E-state index contributed by atoms with van der Waals surface area (Å²) in [6, 6.07) is 19.1. The molecule has 2 aromatic carbocycles. The maximum absolute atomic E-state index is 6.07. The molecule has 5 rings (SSSR count). The summed E-state index contributed by atoms with van der Waals surface area (Å²) in [6.07, 6.45) is 4.40. The maximum atomic E-state index is 6.07. The first-order valence-electron chi connectivity index (χ1n) is 11.5. The molecule has 0 aliphatic rings. The summed E-state index contributed by atoms with van der Waals surface area (Å²) in [7, 11) is 0. The van der Waals surface area contributed by atoms with Gasteiger partial charge in [0.25, 0.3) is 0 Å². The normalized spacial score (nSPS) is 12.2. The summed E-state index contributed by atoms with van der Waals surface area (Å²) in [5.41, 5.74) is 5.71. The van der Waals surface area contributed by atoms with E-state index >= 15 is 0 Å². The average Bonchev–Trinajstić information content (AvgIpc) is 3.18. The van der Waals surface area contributed by atoms with E-state index in [-0.39, 0.29) is 5.41 Å². The molecule has 0 aliphatic heterocycles. The molecule has 0 saturated carbocycles. The zero-order valence-electron chi connectivity index (χ0n) is 19.9. The Kier molecular flexibility index (Phi) is 5.24. The van der Waals surface area contributed by atoms with Crippen LogP contribution in [0.5, 0.6) is 0 Å². The van der Waals surface area contributed by atoms with Gasteiger partial charge < -0.3 is 4.42 Å². The summed E-state index contributed by atoms with van der Waals surface area (Å²) in [5, 5.41) is 3.52. The minimum atomic E-state index is 0.0189. The van der Waals surface area contributed by atoms with E-state index in [0.29, 0.717) is 5.92 Å². The van der Waals surface area contributed by atoms with Crippen molar-refractivity contribution >= 4 is 21.7 Å². The third kappa shape index (κ3) is 4.25. The van der Waals surface area contributed by atoms with E-state index in [0.717, 1.165) is 45.8 Å². The average molecular weight is 436 g/mol. The topological polar surface area (TPSA) is 51.8 Å². The fourth-order valence-electron chi connectivity index (χ4n) is 4.37. The number of hydrogen-bond acceptors (Lipinski definition) is 4. The van der Waals surface area contributed by atoms with Gasteiger partial charge in [0.05, 0.1) is 17.1 Å². The summed E-state index contributed by atoms with van der Waals surface area (Å²) in [5.74, 6) is 1.54. The van der Waals surface area contributed by atoms with Gasteiger partial charge in [0.1, 0.15) is 17.7 Å². The van der Waals surface area contributed by atoms with Crippen LogP contribution in [0.15, 0.2) is 71.5 Å². The van der Waals surface area contributed by atoms with Crippen LogP contribution in [0.4, 0.5) is 0 Å². The number of nitrogens with zero attached hydrogens (tertiary/aromatic N) is 3. The van der Waals surface area contributed by atoms with E-state index in [4.69, 9.17) is 4.42 Å². The molecule has 0 saturated heterocycles. The smallest absolute Gasteiger partial charge is 0.138 e. The van der Waals surface area contributed by atoms with Crippen LogP contribution >= 0.6 is 0 Å². The van der Waals surface area contributed by atoms with Crippen LogP contribution in [0.25, 0.3) is 44.4 Å². The molecule has 0 spiro atoms. The fraction of sp³-hybridized carbons (Fsp3) is 0.276. The highest BCUT2D eigenvalue weighted by atomic mass is 16.3. The number of rotatable bonds is 4.